The summed E-state index contributed by atoms with van der Waals surface area (Å²) in [6.45, 7) is 0. The van der Waals surface area contributed by atoms with Crippen LogP contribution in [0.25, 0.3) is 0 Å². The average molecular weight is 310 g/mol. The standard InChI is InChI=1S/C12H9BrFN3O/c13-7-3-4-10(9(14)6-7)17-12(18)8-2-1-5-16-11(8)15/h1-6H,(H2,15,16)(H,17,18). The lowest BCUT2D eigenvalue weighted by atomic mass is 10.2. The number of hydrogen-bond donors (Lipinski definition) is 2. The molecule has 0 unspecified atom stereocenters. The van der Waals surface area contributed by atoms with Gasteiger partial charge in [-0.3, -0.25) is 4.79 Å². The van der Waals surface area contributed by atoms with E-state index in [9.17, 15) is 9.18 Å². The van der Waals surface area contributed by atoms with Crippen LogP contribution in [-0.2, 0) is 0 Å². The van der Waals surface area contributed by atoms with Crippen molar-refractivity contribution in [3.05, 3.63) is 52.4 Å². The van der Waals surface area contributed by atoms with Gasteiger partial charge < -0.3 is 11.1 Å². The van der Waals surface area contributed by atoms with Crippen molar-refractivity contribution in [2.24, 2.45) is 0 Å². The fraction of sp³-hybridized carbons (Fsp3) is 0. The minimum atomic E-state index is -0.528. The molecule has 0 aliphatic rings. The van der Waals surface area contributed by atoms with E-state index in [0.717, 1.165) is 0 Å². The maximum absolute atomic E-state index is 13.5. The molecule has 0 bridgehead atoms. The Labute approximate surface area is 111 Å². The highest BCUT2D eigenvalue weighted by molar-refractivity contribution is 9.10. The number of pyridine rings is 1. The van der Waals surface area contributed by atoms with E-state index in [0.29, 0.717) is 4.47 Å². The number of aromatic nitrogens is 1. The zero-order valence-corrected chi connectivity index (χ0v) is 10.7. The van der Waals surface area contributed by atoms with Crippen LogP contribution in [0.2, 0.25) is 0 Å². The van der Waals surface area contributed by atoms with Crippen LogP contribution in [0.1, 0.15) is 10.4 Å². The third kappa shape index (κ3) is 2.65. The Morgan fingerprint density at radius 3 is 2.83 bits per heavy atom. The molecular weight excluding hydrogens is 301 g/mol. The first kappa shape index (κ1) is 12.5. The molecule has 0 saturated carbocycles. The SMILES string of the molecule is Nc1ncccc1C(=O)Nc1ccc(Br)cc1F. The summed E-state index contributed by atoms with van der Waals surface area (Å²) >= 11 is 3.14. The van der Waals surface area contributed by atoms with E-state index in [4.69, 9.17) is 5.73 Å². The van der Waals surface area contributed by atoms with Crippen LogP contribution in [-0.4, -0.2) is 10.9 Å². The number of benzene rings is 1. The molecule has 0 aliphatic carbocycles. The molecule has 3 N–H and O–H groups in total. The molecule has 0 aliphatic heterocycles. The molecule has 1 aromatic carbocycles. The summed E-state index contributed by atoms with van der Waals surface area (Å²) in [5.74, 6) is -0.922. The van der Waals surface area contributed by atoms with Crippen LogP contribution in [0.5, 0.6) is 0 Å². The molecular formula is C12H9BrFN3O. The topological polar surface area (TPSA) is 68.0 Å². The number of nitrogens with two attached hydrogens (primary N) is 1. The highest BCUT2D eigenvalue weighted by atomic mass is 79.9. The van der Waals surface area contributed by atoms with Gasteiger partial charge in [0.1, 0.15) is 11.6 Å². The molecule has 0 saturated heterocycles. The fourth-order valence-corrected chi connectivity index (χ4v) is 1.72. The van der Waals surface area contributed by atoms with Gasteiger partial charge in [-0.25, -0.2) is 9.37 Å². The van der Waals surface area contributed by atoms with Crippen molar-refractivity contribution in [2.45, 2.75) is 0 Å². The summed E-state index contributed by atoms with van der Waals surface area (Å²) in [4.78, 5) is 15.7. The lowest BCUT2D eigenvalue weighted by Crippen LogP contribution is -2.15. The predicted octanol–water partition coefficient (Wildman–Crippen LogP) is 2.82. The third-order valence-corrected chi connectivity index (χ3v) is 2.76. The molecule has 18 heavy (non-hydrogen) atoms. The van der Waals surface area contributed by atoms with Crippen molar-refractivity contribution in [3.8, 4) is 0 Å². The highest BCUT2D eigenvalue weighted by Crippen LogP contribution is 2.20. The number of amides is 1. The zero-order chi connectivity index (χ0) is 13.1. The van der Waals surface area contributed by atoms with E-state index >= 15 is 0 Å². The van der Waals surface area contributed by atoms with Gasteiger partial charge in [-0.05, 0) is 30.3 Å². The second-order valence-electron chi connectivity index (χ2n) is 3.51. The molecule has 1 heterocycles. The van der Waals surface area contributed by atoms with Crippen molar-refractivity contribution in [1.29, 1.82) is 0 Å². The normalized spacial score (nSPS) is 10.1. The second-order valence-corrected chi connectivity index (χ2v) is 4.43. The maximum Gasteiger partial charge on any atom is 0.259 e. The summed E-state index contributed by atoms with van der Waals surface area (Å²) in [6.07, 6.45) is 1.48. The van der Waals surface area contributed by atoms with E-state index < -0.39 is 11.7 Å². The molecule has 1 aromatic heterocycles. The molecule has 2 rings (SSSR count). The van der Waals surface area contributed by atoms with Gasteiger partial charge in [0.15, 0.2) is 0 Å². The monoisotopic (exact) mass is 309 g/mol. The summed E-state index contributed by atoms with van der Waals surface area (Å²) in [7, 11) is 0. The van der Waals surface area contributed by atoms with E-state index in [1.54, 1.807) is 12.1 Å². The van der Waals surface area contributed by atoms with Crippen LogP contribution in [0.15, 0.2) is 41.0 Å². The molecule has 92 valence electrons. The second kappa shape index (κ2) is 5.14. The van der Waals surface area contributed by atoms with Gasteiger partial charge in [0.05, 0.1) is 11.3 Å². The Hall–Kier alpha value is -1.95. The number of halogens is 2. The number of anilines is 2. The van der Waals surface area contributed by atoms with Gasteiger partial charge in [0, 0.05) is 10.7 Å². The summed E-state index contributed by atoms with van der Waals surface area (Å²) < 4.78 is 14.1. The van der Waals surface area contributed by atoms with Gasteiger partial charge in [0.25, 0.3) is 5.91 Å². The van der Waals surface area contributed by atoms with Crippen molar-refractivity contribution in [1.82, 2.24) is 4.98 Å². The Balaban J connectivity index is 2.24. The molecule has 4 nitrogen and oxygen atoms in total. The molecule has 6 heteroatoms. The quantitative estimate of drug-likeness (QED) is 0.896. The number of rotatable bonds is 2. The average Bonchev–Trinajstić information content (AvgIpc) is 2.33. The first-order valence-corrected chi connectivity index (χ1v) is 5.84. The smallest absolute Gasteiger partial charge is 0.259 e. The number of carbonyl (C=O) groups excluding carboxylic acids is 1. The van der Waals surface area contributed by atoms with Crippen LogP contribution < -0.4 is 11.1 Å². The maximum atomic E-state index is 13.5. The summed E-state index contributed by atoms with van der Waals surface area (Å²) in [5.41, 5.74) is 5.86. The van der Waals surface area contributed by atoms with Gasteiger partial charge in [-0.1, -0.05) is 15.9 Å². The van der Waals surface area contributed by atoms with Gasteiger partial charge in [-0.2, -0.15) is 0 Å². The van der Waals surface area contributed by atoms with Gasteiger partial charge >= 0.3 is 0 Å². The van der Waals surface area contributed by atoms with Crippen molar-refractivity contribution >= 4 is 33.3 Å². The number of carbonyl (C=O) groups is 1. The summed E-state index contributed by atoms with van der Waals surface area (Å²) in [5, 5.41) is 2.44. The molecule has 0 radical (unpaired) electrons. The van der Waals surface area contributed by atoms with Gasteiger partial charge in [0.2, 0.25) is 0 Å². The molecule has 0 fully saturated rings. The van der Waals surface area contributed by atoms with Crippen LogP contribution in [0, 0.1) is 5.82 Å². The van der Waals surface area contributed by atoms with E-state index in [2.05, 4.69) is 26.2 Å². The van der Waals surface area contributed by atoms with Crippen LogP contribution in [0.3, 0.4) is 0 Å². The first-order valence-electron chi connectivity index (χ1n) is 5.05. The van der Waals surface area contributed by atoms with Crippen molar-refractivity contribution < 1.29 is 9.18 Å². The van der Waals surface area contributed by atoms with E-state index in [-0.39, 0.29) is 17.1 Å². The Bertz CT molecular complexity index is 604. The molecule has 0 atom stereocenters. The Morgan fingerprint density at radius 1 is 1.39 bits per heavy atom. The third-order valence-electron chi connectivity index (χ3n) is 2.26. The number of nitrogens with one attached hydrogen (secondary N) is 1. The highest BCUT2D eigenvalue weighted by Gasteiger charge is 2.12. The van der Waals surface area contributed by atoms with Crippen molar-refractivity contribution in [2.75, 3.05) is 11.1 Å². The lowest BCUT2D eigenvalue weighted by molar-refractivity contribution is 0.102. The van der Waals surface area contributed by atoms with E-state index in [1.165, 1.54) is 24.4 Å². The molecule has 2 aromatic rings. The number of hydrogen-bond acceptors (Lipinski definition) is 3. The minimum absolute atomic E-state index is 0.0893. The Morgan fingerprint density at radius 2 is 2.17 bits per heavy atom. The number of nitrogen functional groups attached to an aromatic ring is 1. The fourth-order valence-electron chi connectivity index (χ4n) is 1.39. The number of nitrogens with zero attached hydrogens (tertiary/aromatic N) is 1. The largest absolute Gasteiger partial charge is 0.383 e. The molecule has 1 amide bonds. The zero-order valence-electron chi connectivity index (χ0n) is 9.15. The first-order chi connectivity index (χ1) is 8.58. The lowest BCUT2D eigenvalue weighted by Gasteiger charge is -2.07. The van der Waals surface area contributed by atoms with Crippen LogP contribution >= 0.6 is 15.9 Å². The molecule has 0 spiro atoms. The van der Waals surface area contributed by atoms with Gasteiger partial charge in [-0.15, -0.1) is 0 Å². The Kier molecular flexibility index (Phi) is 3.57. The predicted molar refractivity (Wildman–Crippen MR) is 70.7 cm³/mol. The minimum Gasteiger partial charge on any atom is -0.383 e. The van der Waals surface area contributed by atoms with Crippen LogP contribution in [0.4, 0.5) is 15.9 Å². The summed E-state index contributed by atoms with van der Waals surface area (Å²) in [6, 6.07) is 7.47. The van der Waals surface area contributed by atoms with Crippen molar-refractivity contribution in [3.63, 3.8) is 0 Å². The van der Waals surface area contributed by atoms with E-state index in [1.807, 2.05) is 0 Å².